The van der Waals surface area contributed by atoms with Gasteiger partial charge in [0, 0.05) is 19.9 Å². The summed E-state index contributed by atoms with van der Waals surface area (Å²) in [6.45, 7) is 2.41. The number of hydrogen-bond donors (Lipinski definition) is 0. The van der Waals surface area contributed by atoms with Crippen molar-refractivity contribution in [3.63, 3.8) is 0 Å². The molecular formula is C5H7NO. The lowest BCUT2D eigenvalue weighted by Crippen LogP contribution is -2.19. The zero-order chi connectivity index (χ0) is 5.28. The van der Waals surface area contributed by atoms with Crippen molar-refractivity contribution in [1.82, 2.24) is 0 Å². The highest BCUT2D eigenvalue weighted by molar-refractivity contribution is 6.40. The van der Waals surface area contributed by atoms with Gasteiger partial charge in [-0.25, -0.2) is 0 Å². The number of carbonyl (C=O) groups excluding carboxylic acids is 1. The third-order valence-corrected chi connectivity index (χ3v) is 1.06. The normalized spacial score (nSPS) is 17.6. The molecule has 0 atom stereocenters. The standard InChI is InChI=1S/C5H7NO/c1-4(7)5-2-3-6-5/h2-3H2,1H3. The minimum Gasteiger partial charge on any atom is -0.293 e. The predicted octanol–water partition coefficient (Wildman–Crippen LogP) is 0.420. The third kappa shape index (κ3) is 0.683. The van der Waals surface area contributed by atoms with Crippen LogP contribution in [0.3, 0.4) is 0 Å². The van der Waals surface area contributed by atoms with Gasteiger partial charge in [0.15, 0.2) is 5.78 Å². The molecule has 38 valence electrons. The number of nitrogens with zero attached hydrogens (tertiary/aromatic N) is 1. The lowest BCUT2D eigenvalue weighted by molar-refractivity contribution is -0.111. The summed E-state index contributed by atoms with van der Waals surface area (Å²) in [4.78, 5) is 14.1. The number of Topliss-reactive ketones (excluding diaryl/α,β-unsaturated/α-hetero) is 1. The quantitative estimate of drug-likeness (QED) is 0.466. The summed E-state index contributed by atoms with van der Waals surface area (Å²) < 4.78 is 0. The van der Waals surface area contributed by atoms with Crippen LogP contribution < -0.4 is 0 Å². The van der Waals surface area contributed by atoms with Crippen LogP contribution in [0.2, 0.25) is 0 Å². The molecule has 0 aromatic heterocycles. The Morgan fingerprint density at radius 1 is 1.86 bits per heavy atom. The Labute approximate surface area is 42.3 Å². The number of ketones is 1. The van der Waals surface area contributed by atoms with Gasteiger partial charge < -0.3 is 0 Å². The van der Waals surface area contributed by atoms with Gasteiger partial charge >= 0.3 is 0 Å². The van der Waals surface area contributed by atoms with E-state index in [1.165, 1.54) is 0 Å². The first-order valence-electron chi connectivity index (χ1n) is 2.35. The van der Waals surface area contributed by atoms with E-state index in [2.05, 4.69) is 4.99 Å². The molecule has 0 unspecified atom stereocenters. The summed E-state index contributed by atoms with van der Waals surface area (Å²) in [6, 6.07) is 0. The fraction of sp³-hybridized carbons (Fsp3) is 0.600. The smallest absolute Gasteiger partial charge is 0.173 e. The third-order valence-electron chi connectivity index (χ3n) is 1.06. The maximum absolute atomic E-state index is 10.3. The topological polar surface area (TPSA) is 29.4 Å². The molecule has 0 amide bonds. The fourth-order valence-electron chi connectivity index (χ4n) is 0.511. The Morgan fingerprint density at radius 3 is 2.43 bits per heavy atom. The van der Waals surface area contributed by atoms with E-state index in [1.54, 1.807) is 6.92 Å². The van der Waals surface area contributed by atoms with Crippen LogP contribution in [0.25, 0.3) is 0 Å². The maximum Gasteiger partial charge on any atom is 0.173 e. The lowest BCUT2D eigenvalue weighted by atomic mass is 10.1. The van der Waals surface area contributed by atoms with Crippen molar-refractivity contribution < 1.29 is 4.79 Å². The zero-order valence-corrected chi connectivity index (χ0v) is 4.27. The van der Waals surface area contributed by atoms with E-state index in [4.69, 9.17) is 0 Å². The molecule has 0 bridgehead atoms. The van der Waals surface area contributed by atoms with E-state index in [-0.39, 0.29) is 5.78 Å². The number of hydrogen-bond acceptors (Lipinski definition) is 2. The highest BCUT2D eigenvalue weighted by Gasteiger charge is 2.10. The van der Waals surface area contributed by atoms with Gasteiger partial charge in [0.1, 0.15) is 0 Å². The minimum absolute atomic E-state index is 0.131. The van der Waals surface area contributed by atoms with Crippen LogP contribution in [0, 0.1) is 0 Å². The SMILES string of the molecule is CC(=O)C1=NCC1. The molecule has 0 N–H and O–H groups in total. The summed E-state index contributed by atoms with van der Waals surface area (Å²) in [5, 5.41) is 0. The summed E-state index contributed by atoms with van der Waals surface area (Å²) >= 11 is 0. The van der Waals surface area contributed by atoms with Crippen LogP contribution >= 0.6 is 0 Å². The van der Waals surface area contributed by atoms with Crippen LogP contribution in [0.4, 0.5) is 0 Å². The van der Waals surface area contributed by atoms with Crippen molar-refractivity contribution in [2.75, 3.05) is 6.54 Å². The molecule has 0 aromatic carbocycles. The first-order valence-corrected chi connectivity index (χ1v) is 2.35. The van der Waals surface area contributed by atoms with Gasteiger partial charge in [0.25, 0.3) is 0 Å². The first kappa shape index (κ1) is 4.50. The average Bonchev–Trinajstić information content (AvgIpc) is 1.23. The van der Waals surface area contributed by atoms with Gasteiger partial charge in [-0.3, -0.25) is 9.79 Å². The van der Waals surface area contributed by atoms with Gasteiger partial charge in [-0.2, -0.15) is 0 Å². The molecule has 1 heterocycles. The molecule has 1 rings (SSSR count). The Balaban J connectivity index is 2.57. The average molecular weight is 97.1 g/mol. The number of aliphatic imine (C=N–C) groups is 1. The second-order valence-electron chi connectivity index (χ2n) is 1.63. The Kier molecular flexibility index (Phi) is 0.929. The molecule has 0 saturated heterocycles. The van der Waals surface area contributed by atoms with E-state index in [0.29, 0.717) is 0 Å². The van der Waals surface area contributed by atoms with E-state index in [0.717, 1.165) is 18.7 Å². The molecule has 1 aliphatic heterocycles. The first-order chi connectivity index (χ1) is 3.30. The highest BCUT2D eigenvalue weighted by Crippen LogP contribution is 2.00. The molecule has 2 nitrogen and oxygen atoms in total. The van der Waals surface area contributed by atoms with Gasteiger partial charge in [0.05, 0.1) is 5.71 Å². The summed E-state index contributed by atoms with van der Waals surface area (Å²) in [6.07, 6.45) is 0.898. The van der Waals surface area contributed by atoms with Crippen LogP contribution in [0.15, 0.2) is 4.99 Å². The Bertz CT molecular complexity index is 126. The molecule has 7 heavy (non-hydrogen) atoms. The largest absolute Gasteiger partial charge is 0.293 e. The van der Waals surface area contributed by atoms with Crippen molar-refractivity contribution in [1.29, 1.82) is 0 Å². The van der Waals surface area contributed by atoms with Crippen LogP contribution in [0.1, 0.15) is 13.3 Å². The van der Waals surface area contributed by atoms with E-state index in [1.807, 2.05) is 0 Å². The van der Waals surface area contributed by atoms with Gasteiger partial charge in [0.2, 0.25) is 0 Å². The number of rotatable bonds is 1. The second-order valence-corrected chi connectivity index (χ2v) is 1.63. The zero-order valence-electron chi connectivity index (χ0n) is 4.27. The summed E-state index contributed by atoms with van der Waals surface area (Å²) in [5.41, 5.74) is 0.764. The Hall–Kier alpha value is -0.660. The summed E-state index contributed by atoms with van der Waals surface area (Å²) in [5.74, 6) is 0.131. The molecule has 0 fully saturated rings. The molecule has 2 heteroatoms. The van der Waals surface area contributed by atoms with Gasteiger partial charge in [-0.1, -0.05) is 0 Å². The molecule has 1 aliphatic rings. The Morgan fingerprint density at radius 2 is 2.43 bits per heavy atom. The van der Waals surface area contributed by atoms with Crippen molar-refractivity contribution in [2.45, 2.75) is 13.3 Å². The van der Waals surface area contributed by atoms with Crippen molar-refractivity contribution >= 4 is 11.5 Å². The molecule has 0 aliphatic carbocycles. The monoisotopic (exact) mass is 97.1 g/mol. The van der Waals surface area contributed by atoms with Gasteiger partial charge in [-0.15, -0.1) is 0 Å². The molecule has 0 radical (unpaired) electrons. The van der Waals surface area contributed by atoms with E-state index < -0.39 is 0 Å². The minimum atomic E-state index is 0.131. The number of carbonyl (C=O) groups is 1. The molecule has 0 spiro atoms. The van der Waals surface area contributed by atoms with Crippen molar-refractivity contribution in [3.8, 4) is 0 Å². The maximum atomic E-state index is 10.3. The predicted molar refractivity (Wildman–Crippen MR) is 27.6 cm³/mol. The molecule has 0 saturated carbocycles. The summed E-state index contributed by atoms with van der Waals surface area (Å²) in [7, 11) is 0. The molecular weight excluding hydrogens is 90.1 g/mol. The fourth-order valence-corrected chi connectivity index (χ4v) is 0.511. The van der Waals surface area contributed by atoms with Crippen molar-refractivity contribution in [3.05, 3.63) is 0 Å². The van der Waals surface area contributed by atoms with Crippen molar-refractivity contribution in [2.24, 2.45) is 4.99 Å². The van der Waals surface area contributed by atoms with Crippen LogP contribution in [0.5, 0.6) is 0 Å². The molecule has 0 aromatic rings. The van der Waals surface area contributed by atoms with Crippen LogP contribution in [-0.2, 0) is 4.79 Å². The van der Waals surface area contributed by atoms with E-state index >= 15 is 0 Å². The lowest BCUT2D eigenvalue weighted by Gasteiger charge is -2.07. The van der Waals surface area contributed by atoms with Gasteiger partial charge in [-0.05, 0) is 0 Å². The second kappa shape index (κ2) is 1.45. The van der Waals surface area contributed by atoms with E-state index in [9.17, 15) is 4.79 Å². The van der Waals surface area contributed by atoms with Crippen LogP contribution in [-0.4, -0.2) is 18.0 Å². The highest BCUT2D eigenvalue weighted by atomic mass is 16.1.